The maximum atomic E-state index is 10.9. The topological polar surface area (TPSA) is 66.8 Å². The zero-order valence-electron chi connectivity index (χ0n) is 10.1. The lowest BCUT2D eigenvalue weighted by molar-refractivity contribution is -0.00587. The van der Waals surface area contributed by atoms with Crippen LogP contribution >= 0.6 is 7.82 Å². The Hall–Kier alpha value is 0.110. The number of phosphoric ester groups is 1. The van der Waals surface area contributed by atoms with Gasteiger partial charge in [0.15, 0.2) is 0 Å². The average molecular weight is 238 g/mol. The molecule has 92 valence electrons. The van der Waals surface area contributed by atoms with Crippen LogP contribution in [-0.4, -0.2) is 15.4 Å². The molecule has 2 N–H and O–H groups in total. The van der Waals surface area contributed by atoms with Crippen LogP contribution in [0, 0.1) is 5.92 Å². The number of phosphoric acid groups is 1. The average Bonchev–Trinajstić information content (AvgIpc) is 2.01. The summed E-state index contributed by atoms with van der Waals surface area (Å²) in [5.41, 5.74) is -0.718. The van der Waals surface area contributed by atoms with Crippen LogP contribution in [0.1, 0.15) is 53.4 Å². The molecule has 0 aromatic heterocycles. The minimum Gasteiger partial charge on any atom is -0.303 e. The van der Waals surface area contributed by atoms with Crippen molar-refractivity contribution < 1.29 is 18.9 Å². The maximum Gasteiger partial charge on any atom is 0.470 e. The highest BCUT2D eigenvalue weighted by molar-refractivity contribution is 7.46. The third-order valence-corrected chi connectivity index (χ3v) is 3.49. The molecule has 0 aliphatic heterocycles. The Morgan fingerprint density at radius 2 is 1.87 bits per heavy atom. The third-order valence-electron chi connectivity index (χ3n) is 2.84. The summed E-state index contributed by atoms with van der Waals surface area (Å²) in [5, 5.41) is 0. The van der Waals surface area contributed by atoms with E-state index in [1.54, 1.807) is 6.92 Å². The predicted octanol–water partition coefficient (Wildman–Crippen LogP) is 3.09. The van der Waals surface area contributed by atoms with Gasteiger partial charge in [-0.15, -0.1) is 0 Å². The molecular formula is C10H23O4P. The van der Waals surface area contributed by atoms with E-state index in [4.69, 9.17) is 14.3 Å². The van der Waals surface area contributed by atoms with Crippen molar-refractivity contribution in [3.8, 4) is 0 Å². The summed E-state index contributed by atoms with van der Waals surface area (Å²) in [5.74, 6) is 0.148. The Kier molecular flexibility index (Phi) is 6.04. The van der Waals surface area contributed by atoms with E-state index >= 15 is 0 Å². The molecular weight excluding hydrogens is 215 g/mol. The van der Waals surface area contributed by atoms with Crippen LogP contribution in [0.2, 0.25) is 0 Å². The van der Waals surface area contributed by atoms with Crippen LogP contribution in [0.15, 0.2) is 0 Å². The van der Waals surface area contributed by atoms with Crippen molar-refractivity contribution >= 4 is 7.82 Å². The van der Waals surface area contributed by atoms with Gasteiger partial charge < -0.3 is 9.79 Å². The molecule has 0 heterocycles. The standard InChI is InChI=1S/C10H23O4P/c1-5-7-9(3)10(4,8-6-2)14-15(11,12)13/h9H,5-8H2,1-4H3,(H2,11,12,13). The lowest BCUT2D eigenvalue weighted by Gasteiger charge is -2.35. The first-order valence-corrected chi connectivity index (χ1v) is 7.04. The second kappa shape index (κ2) is 6.00. The summed E-state index contributed by atoms with van der Waals surface area (Å²) in [7, 11) is -4.39. The summed E-state index contributed by atoms with van der Waals surface area (Å²) in [6.45, 7) is 7.81. The Morgan fingerprint density at radius 1 is 1.33 bits per heavy atom. The lowest BCUT2D eigenvalue weighted by Crippen LogP contribution is -2.35. The smallest absolute Gasteiger partial charge is 0.303 e. The van der Waals surface area contributed by atoms with Crippen LogP contribution in [0.4, 0.5) is 0 Å². The summed E-state index contributed by atoms with van der Waals surface area (Å²) in [6.07, 6.45) is 3.42. The Bertz CT molecular complexity index is 225. The van der Waals surface area contributed by atoms with E-state index in [-0.39, 0.29) is 5.92 Å². The van der Waals surface area contributed by atoms with Gasteiger partial charge >= 0.3 is 7.82 Å². The molecule has 0 fully saturated rings. The van der Waals surface area contributed by atoms with Gasteiger partial charge in [0.25, 0.3) is 0 Å². The second-order valence-electron chi connectivity index (χ2n) is 4.33. The second-order valence-corrected chi connectivity index (χ2v) is 5.50. The van der Waals surface area contributed by atoms with E-state index in [2.05, 4.69) is 6.92 Å². The van der Waals surface area contributed by atoms with Gasteiger partial charge in [-0.25, -0.2) is 4.57 Å². The highest BCUT2D eigenvalue weighted by atomic mass is 31.2. The minimum absolute atomic E-state index is 0.148. The fraction of sp³-hybridized carbons (Fsp3) is 1.00. The Morgan fingerprint density at radius 3 is 2.20 bits per heavy atom. The summed E-state index contributed by atoms with van der Waals surface area (Å²) in [6, 6.07) is 0. The van der Waals surface area contributed by atoms with E-state index in [9.17, 15) is 4.57 Å². The summed E-state index contributed by atoms with van der Waals surface area (Å²) < 4.78 is 15.8. The largest absolute Gasteiger partial charge is 0.470 e. The van der Waals surface area contributed by atoms with Crippen LogP contribution in [0.25, 0.3) is 0 Å². The fourth-order valence-corrected chi connectivity index (χ4v) is 2.70. The lowest BCUT2D eigenvalue weighted by atomic mass is 9.84. The molecule has 0 aliphatic carbocycles. The van der Waals surface area contributed by atoms with Crippen molar-refractivity contribution in [1.29, 1.82) is 0 Å². The van der Waals surface area contributed by atoms with Crippen molar-refractivity contribution in [2.45, 2.75) is 59.0 Å². The SMILES string of the molecule is CCCC(C)C(C)(CCC)OP(=O)(O)O. The summed E-state index contributed by atoms with van der Waals surface area (Å²) in [4.78, 5) is 17.8. The van der Waals surface area contributed by atoms with Gasteiger partial charge in [0, 0.05) is 0 Å². The Balaban J connectivity index is 4.64. The van der Waals surface area contributed by atoms with Crippen molar-refractivity contribution in [2.75, 3.05) is 0 Å². The first-order chi connectivity index (χ1) is 6.75. The van der Waals surface area contributed by atoms with Gasteiger partial charge in [-0.05, 0) is 25.7 Å². The molecule has 2 unspecified atom stereocenters. The fourth-order valence-electron chi connectivity index (χ4n) is 1.89. The first-order valence-electron chi connectivity index (χ1n) is 5.51. The highest BCUT2D eigenvalue weighted by Crippen LogP contribution is 2.46. The molecule has 0 saturated carbocycles. The number of hydrogen-bond donors (Lipinski definition) is 2. The monoisotopic (exact) mass is 238 g/mol. The van der Waals surface area contributed by atoms with Crippen LogP contribution in [-0.2, 0) is 9.09 Å². The molecule has 0 aliphatic rings. The number of hydrogen-bond acceptors (Lipinski definition) is 2. The van der Waals surface area contributed by atoms with E-state index in [1.807, 2.05) is 13.8 Å². The van der Waals surface area contributed by atoms with Gasteiger partial charge in [0.1, 0.15) is 0 Å². The van der Waals surface area contributed by atoms with Gasteiger partial charge in [-0.2, -0.15) is 0 Å². The zero-order chi connectivity index (χ0) is 12.1. The summed E-state index contributed by atoms with van der Waals surface area (Å²) >= 11 is 0. The van der Waals surface area contributed by atoms with E-state index in [1.165, 1.54) is 0 Å². The molecule has 0 rings (SSSR count). The van der Waals surface area contributed by atoms with Crippen molar-refractivity contribution in [3.63, 3.8) is 0 Å². The third kappa shape index (κ3) is 5.67. The molecule has 0 radical (unpaired) electrons. The molecule has 0 bridgehead atoms. The van der Waals surface area contributed by atoms with Gasteiger partial charge in [0.05, 0.1) is 5.60 Å². The van der Waals surface area contributed by atoms with Crippen LogP contribution in [0.5, 0.6) is 0 Å². The van der Waals surface area contributed by atoms with Crippen molar-refractivity contribution in [1.82, 2.24) is 0 Å². The normalized spacial score (nSPS) is 18.5. The van der Waals surface area contributed by atoms with Crippen molar-refractivity contribution in [3.05, 3.63) is 0 Å². The molecule has 0 aromatic carbocycles. The van der Waals surface area contributed by atoms with Crippen LogP contribution in [0.3, 0.4) is 0 Å². The molecule has 0 spiro atoms. The maximum absolute atomic E-state index is 10.9. The molecule has 15 heavy (non-hydrogen) atoms. The minimum atomic E-state index is -4.39. The molecule has 0 aromatic rings. The number of rotatable bonds is 7. The highest BCUT2D eigenvalue weighted by Gasteiger charge is 2.37. The quantitative estimate of drug-likeness (QED) is 0.669. The van der Waals surface area contributed by atoms with Gasteiger partial charge in [-0.1, -0.05) is 33.6 Å². The molecule has 2 atom stereocenters. The van der Waals surface area contributed by atoms with Gasteiger partial charge in [0.2, 0.25) is 0 Å². The first kappa shape index (κ1) is 15.1. The van der Waals surface area contributed by atoms with Gasteiger partial charge in [-0.3, -0.25) is 4.52 Å². The molecule has 5 heteroatoms. The molecule has 4 nitrogen and oxygen atoms in total. The molecule has 0 saturated heterocycles. The van der Waals surface area contributed by atoms with E-state index < -0.39 is 13.4 Å². The van der Waals surface area contributed by atoms with Crippen LogP contribution < -0.4 is 0 Å². The van der Waals surface area contributed by atoms with Crippen molar-refractivity contribution in [2.24, 2.45) is 5.92 Å². The van der Waals surface area contributed by atoms with E-state index in [0.717, 1.165) is 19.3 Å². The molecule has 0 amide bonds. The van der Waals surface area contributed by atoms with E-state index in [0.29, 0.717) is 6.42 Å². The predicted molar refractivity (Wildman–Crippen MR) is 60.5 cm³/mol. The zero-order valence-corrected chi connectivity index (χ0v) is 11.0. The Labute approximate surface area is 92.3 Å².